The van der Waals surface area contributed by atoms with Crippen molar-refractivity contribution in [3.63, 3.8) is 0 Å². The number of rotatable bonds is 5. The summed E-state index contributed by atoms with van der Waals surface area (Å²) in [5.41, 5.74) is 1.16. The average Bonchev–Trinajstić information content (AvgIpc) is 2.84. The minimum absolute atomic E-state index is 0.267. The molecule has 0 amide bonds. The second-order valence-corrected chi connectivity index (χ2v) is 4.56. The van der Waals surface area contributed by atoms with Crippen LogP contribution in [0, 0.1) is 0 Å². The lowest BCUT2D eigenvalue weighted by molar-refractivity contribution is 0.0343. The topological polar surface area (TPSA) is 87.8 Å². The van der Waals surface area contributed by atoms with Crippen molar-refractivity contribution < 1.29 is 4.74 Å². The lowest BCUT2D eigenvalue weighted by Crippen LogP contribution is -2.32. The van der Waals surface area contributed by atoms with Crippen molar-refractivity contribution in [1.82, 2.24) is 19.9 Å². The Balaban J connectivity index is 2.28. The van der Waals surface area contributed by atoms with Crippen molar-refractivity contribution in [1.29, 1.82) is 0 Å². The zero-order chi connectivity index (χ0) is 13.2. The van der Waals surface area contributed by atoms with E-state index in [9.17, 15) is 0 Å². The van der Waals surface area contributed by atoms with Gasteiger partial charge in [0.1, 0.15) is 5.52 Å². The molecule has 98 valence electrons. The van der Waals surface area contributed by atoms with Gasteiger partial charge in [0.05, 0.1) is 11.9 Å². The summed E-state index contributed by atoms with van der Waals surface area (Å²) in [6.45, 7) is 4.65. The summed E-state index contributed by atoms with van der Waals surface area (Å²) in [7, 11) is 3.46. The number of anilines is 2. The van der Waals surface area contributed by atoms with Crippen molar-refractivity contribution >= 4 is 22.9 Å². The van der Waals surface area contributed by atoms with E-state index in [0.717, 1.165) is 5.52 Å². The highest BCUT2D eigenvalue weighted by Gasteiger charge is 2.17. The molecule has 0 saturated heterocycles. The molecule has 0 aliphatic rings. The smallest absolute Gasteiger partial charge is 0.226 e. The van der Waals surface area contributed by atoms with Crippen molar-refractivity contribution in [2.45, 2.75) is 19.4 Å². The first-order valence-electron chi connectivity index (χ1n) is 5.73. The molecule has 2 heterocycles. The van der Waals surface area contributed by atoms with E-state index in [1.54, 1.807) is 20.5 Å². The second-order valence-electron chi connectivity index (χ2n) is 4.56. The van der Waals surface area contributed by atoms with Gasteiger partial charge in [0, 0.05) is 20.7 Å². The Kier molecular flexibility index (Phi) is 3.33. The highest BCUT2D eigenvalue weighted by molar-refractivity contribution is 5.83. The summed E-state index contributed by atoms with van der Waals surface area (Å²) >= 11 is 0. The molecule has 0 aromatic carbocycles. The third-order valence-corrected chi connectivity index (χ3v) is 2.74. The van der Waals surface area contributed by atoms with Gasteiger partial charge in [-0.15, -0.1) is 0 Å². The summed E-state index contributed by atoms with van der Waals surface area (Å²) in [6.07, 6.45) is 1.60. The molecule has 0 bridgehead atoms. The van der Waals surface area contributed by atoms with Crippen LogP contribution in [-0.4, -0.2) is 46.2 Å². The Morgan fingerprint density at radius 3 is 2.83 bits per heavy atom. The first kappa shape index (κ1) is 12.6. The molecule has 7 heteroatoms. The van der Waals surface area contributed by atoms with Gasteiger partial charge in [-0.05, 0) is 13.8 Å². The van der Waals surface area contributed by atoms with Crippen molar-refractivity contribution in [3.05, 3.63) is 6.33 Å². The number of H-pyrrole nitrogens is 1. The van der Waals surface area contributed by atoms with E-state index in [4.69, 9.17) is 4.74 Å². The molecule has 0 fully saturated rings. The van der Waals surface area contributed by atoms with Crippen molar-refractivity contribution in [2.75, 3.05) is 31.3 Å². The van der Waals surface area contributed by atoms with Crippen LogP contribution in [0.2, 0.25) is 0 Å². The number of nitrogens with one attached hydrogen (secondary N) is 3. The predicted molar refractivity (Wildman–Crippen MR) is 70.8 cm³/mol. The van der Waals surface area contributed by atoms with Crippen LogP contribution in [0.4, 0.5) is 11.8 Å². The van der Waals surface area contributed by atoms with Crippen molar-refractivity contribution in [3.8, 4) is 0 Å². The molecule has 0 aliphatic carbocycles. The van der Waals surface area contributed by atoms with Gasteiger partial charge in [-0.3, -0.25) is 0 Å². The number of nitrogens with zero attached hydrogens (tertiary/aromatic N) is 3. The van der Waals surface area contributed by atoms with Gasteiger partial charge in [0.2, 0.25) is 5.95 Å². The number of hydrogen-bond acceptors (Lipinski definition) is 6. The van der Waals surface area contributed by atoms with Gasteiger partial charge in [0.15, 0.2) is 11.5 Å². The molecule has 3 N–H and O–H groups in total. The molecule has 0 radical (unpaired) electrons. The van der Waals surface area contributed by atoms with Crippen LogP contribution in [0.25, 0.3) is 11.2 Å². The largest absolute Gasteiger partial charge is 0.377 e. The number of hydrogen-bond donors (Lipinski definition) is 3. The normalized spacial score (nSPS) is 11.8. The first-order chi connectivity index (χ1) is 8.55. The monoisotopic (exact) mass is 250 g/mol. The predicted octanol–water partition coefficient (Wildman–Crippen LogP) is 1.23. The molecule has 0 unspecified atom stereocenters. The lowest BCUT2D eigenvalue weighted by Gasteiger charge is -2.23. The van der Waals surface area contributed by atoms with Gasteiger partial charge in [-0.25, -0.2) is 4.98 Å². The van der Waals surface area contributed by atoms with E-state index in [1.807, 2.05) is 13.8 Å². The van der Waals surface area contributed by atoms with Crippen LogP contribution in [0.15, 0.2) is 6.33 Å². The zero-order valence-electron chi connectivity index (χ0n) is 11.0. The molecule has 0 aliphatic heterocycles. The van der Waals surface area contributed by atoms with Gasteiger partial charge in [-0.2, -0.15) is 9.97 Å². The van der Waals surface area contributed by atoms with E-state index in [2.05, 4.69) is 30.6 Å². The van der Waals surface area contributed by atoms with E-state index < -0.39 is 0 Å². The maximum Gasteiger partial charge on any atom is 0.226 e. The van der Waals surface area contributed by atoms with E-state index in [-0.39, 0.29) is 5.60 Å². The Morgan fingerprint density at radius 2 is 2.17 bits per heavy atom. The fourth-order valence-corrected chi connectivity index (χ4v) is 1.44. The highest BCUT2D eigenvalue weighted by atomic mass is 16.5. The molecule has 0 spiro atoms. The van der Waals surface area contributed by atoms with Crippen molar-refractivity contribution in [2.24, 2.45) is 0 Å². The van der Waals surface area contributed by atoms with Crippen LogP contribution in [0.5, 0.6) is 0 Å². The number of aromatic nitrogens is 4. The maximum atomic E-state index is 5.36. The quantitative estimate of drug-likeness (QED) is 0.739. The van der Waals surface area contributed by atoms with Gasteiger partial charge in [0.25, 0.3) is 0 Å². The number of methoxy groups -OCH3 is 1. The standard InChI is InChI=1S/C11H18N6O/c1-11(2,18-4)5-13-8-7-9(15-6-14-7)17-10(12-3)16-8/h6H,5H2,1-4H3,(H3,12,13,14,15,16,17). The summed E-state index contributed by atoms with van der Waals surface area (Å²) in [6, 6.07) is 0. The number of fused-ring (bicyclic) bond motifs is 1. The average molecular weight is 250 g/mol. The van der Waals surface area contributed by atoms with Gasteiger partial charge < -0.3 is 20.4 Å². The SMILES string of the molecule is CNc1nc(NCC(C)(C)OC)c2[nH]cnc2n1. The zero-order valence-corrected chi connectivity index (χ0v) is 11.0. The van der Waals surface area contributed by atoms with E-state index in [1.165, 1.54) is 0 Å². The second kappa shape index (κ2) is 4.77. The molecule has 2 aromatic heterocycles. The fourth-order valence-electron chi connectivity index (χ4n) is 1.44. The summed E-state index contributed by atoms with van der Waals surface area (Å²) in [5, 5.41) is 6.17. The third-order valence-electron chi connectivity index (χ3n) is 2.74. The van der Waals surface area contributed by atoms with Crippen LogP contribution >= 0.6 is 0 Å². The van der Waals surface area contributed by atoms with Crippen LogP contribution in [0.1, 0.15) is 13.8 Å². The number of aromatic amines is 1. The molecule has 7 nitrogen and oxygen atoms in total. The minimum Gasteiger partial charge on any atom is -0.377 e. The van der Waals surface area contributed by atoms with E-state index in [0.29, 0.717) is 24.0 Å². The Labute approximate surface area is 105 Å². The van der Waals surface area contributed by atoms with Gasteiger partial charge >= 0.3 is 0 Å². The van der Waals surface area contributed by atoms with Crippen LogP contribution in [-0.2, 0) is 4.74 Å². The van der Waals surface area contributed by atoms with Gasteiger partial charge in [-0.1, -0.05) is 0 Å². The summed E-state index contributed by atoms with van der Waals surface area (Å²) in [5.74, 6) is 1.25. The Bertz CT molecular complexity index is 535. The highest BCUT2D eigenvalue weighted by Crippen LogP contribution is 2.19. The molecule has 2 rings (SSSR count). The van der Waals surface area contributed by atoms with Crippen LogP contribution in [0.3, 0.4) is 0 Å². The third kappa shape index (κ3) is 2.51. The molecule has 0 saturated carbocycles. The molecular weight excluding hydrogens is 232 g/mol. The molecule has 0 atom stereocenters. The summed E-state index contributed by atoms with van der Waals surface area (Å²) < 4.78 is 5.36. The molecule has 18 heavy (non-hydrogen) atoms. The van der Waals surface area contributed by atoms with Crippen LogP contribution < -0.4 is 10.6 Å². The Morgan fingerprint density at radius 1 is 1.39 bits per heavy atom. The number of imidazole rings is 1. The summed E-state index contributed by atoms with van der Waals surface area (Å²) in [4.78, 5) is 15.8. The number of ether oxygens (including phenoxy) is 1. The molecular formula is C11H18N6O. The Hall–Kier alpha value is -1.89. The minimum atomic E-state index is -0.267. The fraction of sp³-hybridized carbons (Fsp3) is 0.545. The lowest BCUT2D eigenvalue weighted by atomic mass is 10.1. The molecule has 2 aromatic rings. The van der Waals surface area contributed by atoms with E-state index >= 15 is 0 Å². The maximum absolute atomic E-state index is 5.36. The first-order valence-corrected chi connectivity index (χ1v) is 5.73.